The molecule has 1 aliphatic rings. The van der Waals surface area contributed by atoms with Gasteiger partial charge in [0.15, 0.2) is 0 Å². The molecular formula is C28H38F2N4O3. The van der Waals surface area contributed by atoms with Crippen LogP contribution in [0.2, 0.25) is 0 Å². The van der Waals surface area contributed by atoms with E-state index in [4.69, 9.17) is 11.5 Å². The lowest BCUT2D eigenvalue weighted by Gasteiger charge is -2.38. The van der Waals surface area contributed by atoms with Crippen LogP contribution in [-0.4, -0.2) is 48.2 Å². The zero-order valence-electron chi connectivity index (χ0n) is 21.1. The maximum absolute atomic E-state index is 13.9. The summed E-state index contributed by atoms with van der Waals surface area (Å²) in [6, 6.07) is 11.2. The molecule has 3 unspecified atom stereocenters. The molecule has 2 amide bonds. The van der Waals surface area contributed by atoms with E-state index >= 15 is 0 Å². The van der Waals surface area contributed by atoms with Gasteiger partial charge in [-0.25, -0.2) is 8.78 Å². The molecule has 37 heavy (non-hydrogen) atoms. The van der Waals surface area contributed by atoms with Crippen molar-refractivity contribution in [1.82, 2.24) is 10.6 Å². The Morgan fingerprint density at radius 3 is 2.32 bits per heavy atom. The Morgan fingerprint density at radius 2 is 1.62 bits per heavy atom. The minimum Gasteiger partial charge on any atom is -0.382 e. The van der Waals surface area contributed by atoms with Crippen molar-refractivity contribution in [1.29, 1.82) is 0 Å². The third-order valence-corrected chi connectivity index (χ3v) is 7.14. The molecule has 2 aromatic rings. The molecule has 202 valence electrons. The van der Waals surface area contributed by atoms with Crippen molar-refractivity contribution < 1.29 is 23.5 Å². The number of carbonyl (C=O) groups is 2. The highest BCUT2D eigenvalue weighted by atomic mass is 19.1. The molecule has 0 radical (unpaired) electrons. The van der Waals surface area contributed by atoms with Crippen molar-refractivity contribution in [3.05, 3.63) is 71.3 Å². The molecule has 1 fully saturated rings. The topological polar surface area (TPSA) is 130 Å². The summed E-state index contributed by atoms with van der Waals surface area (Å²) in [5, 5.41) is 16.2. The van der Waals surface area contributed by atoms with Gasteiger partial charge >= 0.3 is 0 Å². The van der Waals surface area contributed by atoms with Gasteiger partial charge in [0.05, 0.1) is 0 Å². The summed E-state index contributed by atoms with van der Waals surface area (Å²) in [4.78, 5) is 25.3. The zero-order valence-corrected chi connectivity index (χ0v) is 21.1. The van der Waals surface area contributed by atoms with Gasteiger partial charge in [0, 0.05) is 37.0 Å². The minimum absolute atomic E-state index is 0.0363. The summed E-state index contributed by atoms with van der Waals surface area (Å²) >= 11 is 0. The van der Waals surface area contributed by atoms with Crippen molar-refractivity contribution in [2.75, 3.05) is 13.1 Å². The van der Waals surface area contributed by atoms with E-state index in [0.29, 0.717) is 19.5 Å². The first-order valence-electron chi connectivity index (χ1n) is 12.9. The fraction of sp³-hybridized carbons (Fsp3) is 0.500. The molecule has 3 atom stereocenters. The smallest absolute Gasteiger partial charge is 0.250 e. The predicted octanol–water partition coefficient (Wildman–Crippen LogP) is 2.34. The van der Waals surface area contributed by atoms with Crippen molar-refractivity contribution in [3.8, 4) is 0 Å². The minimum atomic E-state index is -1.35. The number of nitrogens with two attached hydrogens (primary N) is 2. The van der Waals surface area contributed by atoms with E-state index in [2.05, 4.69) is 10.6 Å². The molecular weight excluding hydrogens is 478 g/mol. The number of nitrogens with one attached hydrogen (secondary N) is 2. The van der Waals surface area contributed by atoms with E-state index in [1.165, 1.54) is 0 Å². The Bertz CT molecular complexity index is 1030. The van der Waals surface area contributed by atoms with Gasteiger partial charge in [-0.1, -0.05) is 49.6 Å². The quantitative estimate of drug-likeness (QED) is 0.296. The van der Waals surface area contributed by atoms with E-state index in [1.54, 1.807) is 0 Å². The lowest BCUT2D eigenvalue weighted by Crippen LogP contribution is -2.52. The summed E-state index contributed by atoms with van der Waals surface area (Å²) in [7, 11) is 0. The van der Waals surface area contributed by atoms with Gasteiger partial charge in [0.2, 0.25) is 11.8 Å². The molecule has 0 spiro atoms. The average Bonchev–Trinajstić information content (AvgIpc) is 2.89. The van der Waals surface area contributed by atoms with Crippen LogP contribution >= 0.6 is 0 Å². The van der Waals surface area contributed by atoms with Crippen LogP contribution in [-0.2, 0) is 22.4 Å². The molecule has 7 nitrogen and oxygen atoms in total. The molecule has 1 saturated carbocycles. The highest BCUT2D eigenvalue weighted by Gasteiger charge is 2.34. The van der Waals surface area contributed by atoms with Crippen LogP contribution in [0.4, 0.5) is 8.78 Å². The molecule has 0 heterocycles. The van der Waals surface area contributed by atoms with Crippen molar-refractivity contribution >= 4 is 11.8 Å². The maximum Gasteiger partial charge on any atom is 0.250 e. The lowest BCUT2D eigenvalue weighted by molar-refractivity contribution is -0.131. The Balaban J connectivity index is 1.50. The standard InChI is InChI=1S/C28H38F2N4O3/c29-21-9-10-23(30)20(14-21)15-22(31)16-25(35)33-17-28(11-5-2-6-12-28)18-34-27(37)26(36)24(32)13-19-7-3-1-4-8-19/h1,3-4,7-10,14,22,24,26,36H,2,5-6,11-13,15-18,31-32H2,(H,33,35)(H,34,37). The fourth-order valence-corrected chi connectivity index (χ4v) is 4.94. The third-order valence-electron chi connectivity index (χ3n) is 7.14. The number of rotatable bonds is 12. The molecule has 0 bridgehead atoms. The second-order valence-electron chi connectivity index (χ2n) is 10.3. The number of carbonyl (C=O) groups excluding carboxylic acids is 2. The van der Waals surface area contributed by atoms with Gasteiger partial charge in [-0.3, -0.25) is 9.59 Å². The summed E-state index contributed by atoms with van der Waals surface area (Å²) in [5.74, 6) is -1.93. The molecule has 0 saturated heterocycles. The van der Waals surface area contributed by atoms with Crippen LogP contribution in [0.1, 0.15) is 49.7 Å². The second-order valence-corrected chi connectivity index (χ2v) is 10.3. The van der Waals surface area contributed by atoms with Gasteiger partial charge in [-0.15, -0.1) is 0 Å². The number of aliphatic hydroxyl groups is 1. The number of benzene rings is 2. The average molecular weight is 517 g/mol. The van der Waals surface area contributed by atoms with Crippen LogP contribution in [0.3, 0.4) is 0 Å². The normalized spacial score (nSPS) is 17.4. The first-order valence-corrected chi connectivity index (χ1v) is 12.9. The largest absolute Gasteiger partial charge is 0.382 e. The van der Waals surface area contributed by atoms with Gasteiger partial charge in [0.25, 0.3) is 0 Å². The SMILES string of the molecule is NC(CC(=O)NCC1(CNC(=O)C(O)C(N)Cc2ccccc2)CCCCC1)Cc1cc(F)ccc1F. The van der Waals surface area contributed by atoms with E-state index in [9.17, 15) is 23.5 Å². The summed E-state index contributed by atoms with van der Waals surface area (Å²) in [5.41, 5.74) is 12.9. The number of aliphatic hydroxyl groups excluding tert-OH is 1. The Kier molecular flexibility index (Phi) is 10.5. The fourth-order valence-electron chi connectivity index (χ4n) is 4.94. The van der Waals surface area contributed by atoms with Gasteiger partial charge in [-0.05, 0) is 55.0 Å². The number of hydrogen-bond donors (Lipinski definition) is 5. The third kappa shape index (κ3) is 8.87. The van der Waals surface area contributed by atoms with Crippen LogP contribution < -0.4 is 22.1 Å². The van der Waals surface area contributed by atoms with Crippen LogP contribution in [0, 0.1) is 17.0 Å². The van der Waals surface area contributed by atoms with E-state index in [-0.39, 0.29) is 29.7 Å². The molecule has 3 rings (SSSR count). The van der Waals surface area contributed by atoms with Gasteiger partial charge in [-0.2, -0.15) is 0 Å². The van der Waals surface area contributed by atoms with Gasteiger partial charge < -0.3 is 27.2 Å². The second kappa shape index (κ2) is 13.6. The molecule has 1 aliphatic carbocycles. The van der Waals surface area contributed by atoms with Crippen LogP contribution in [0.15, 0.2) is 48.5 Å². The lowest BCUT2D eigenvalue weighted by atomic mass is 9.73. The molecule has 2 aromatic carbocycles. The van der Waals surface area contributed by atoms with Crippen molar-refractivity contribution in [3.63, 3.8) is 0 Å². The van der Waals surface area contributed by atoms with E-state index in [1.807, 2.05) is 30.3 Å². The van der Waals surface area contributed by atoms with Crippen molar-refractivity contribution in [2.24, 2.45) is 16.9 Å². The Hall–Kier alpha value is -2.88. The van der Waals surface area contributed by atoms with Crippen LogP contribution in [0.5, 0.6) is 0 Å². The summed E-state index contributed by atoms with van der Waals surface area (Å²) < 4.78 is 27.3. The first-order chi connectivity index (χ1) is 17.7. The molecule has 7 N–H and O–H groups in total. The molecule has 0 aromatic heterocycles. The number of hydrogen-bond acceptors (Lipinski definition) is 5. The highest BCUT2D eigenvalue weighted by molar-refractivity contribution is 5.81. The number of halogens is 2. The van der Waals surface area contributed by atoms with E-state index in [0.717, 1.165) is 55.9 Å². The first kappa shape index (κ1) is 28.7. The zero-order chi connectivity index (χ0) is 26.8. The maximum atomic E-state index is 13.9. The molecule has 0 aliphatic heterocycles. The Labute approximate surface area is 217 Å². The van der Waals surface area contributed by atoms with Crippen LogP contribution in [0.25, 0.3) is 0 Å². The van der Waals surface area contributed by atoms with Gasteiger partial charge in [0.1, 0.15) is 17.7 Å². The van der Waals surface area contributed by atoms with Crippen molar-refractivity contribution in [2.45, 2.75) is 69.6 Å². The number of amides is 2. The van der Waals surface area contributed by atoms with E-state index < -0.39 is 35.7 Å². The predicted molar refractivity (Wildman–Crippen MR) is 138 cm³/mol. The highest BCUT2D eigenvalue weighted by Crippen LogP contribution is 2.35. The Morgan fingerprint density at radius 1 is 0.946 bits per heavy atom. The summed E-state index contributed by atoms with van der Waals surface area (Å²) in [6.07, 6.45) is 3.69. The summed E-state index contributed by atoms with van der Waals surface area (Å²) in [6.45, 7) is 0.654. The monoisotopic (exact) mass is 516 g/mol. The molecule has 9 heteroatoms.